The smallest absolute Gasteiger partial charge is 0.260 e. The molecule has 0 saturated heterocycles. The quantitative estimate of drug-likeness (QED) is 0.165. The van der Waals surface area contributed by atoms with E-state index in [2.05, 4.69) is 89.8 Å². The van der Waals surface area contributed by atoms with E-state index in [9.17, 15) is 0 Å². The molecule has 256 valence electrons. The fourth-order valence-corrected chi connectivity index (χ4v) is 14.9. The van der Waals surface area contributed by atoms with Crippen molar-refractivity contribution in [2.45, 2.75) is 94.7 Å². The number of rotatable bonds is 9. The van der Waals surface area contributed by atoms with Crippen LogP contribution in [-0.2, 0) is 0 Å². The average Bonchev–Trinajstić information content (AvgIpc) is 4.00. The Balaban J connectivity index is 1.20. The van der Waals surface area contributed by atoms with Gasteiger partial charge in [-0.2, -0.15) is 0 Å². The Bertz CT molecular complexity index is 1830. The van der Waals surface area contributed by atoms with Crippen molar-refractivity contribution in [3.8, 4) is 5.75 Å². The first-order valence-corrected chi connectivity index (χ1v) is 20.7. The minimum atomic E-state index is -0.402. The zero-order valence-electron chi connectivity index (χ0n) is 29.4. The number of amides is 1. The molecule has 0 spiro atoms. The van der Waals surface area contributed by atoms with Crippen LogP contribution in [-0.4, -0.2) is 34.1 Å². The van der Waals surface area contributed by atoms with Gasteiger partial charge in [-0.25, -0.2) is 0 Å². The van der Waals surface area contributed by atoms with Crippen molar-refractivity contribution in [1.29, 1.82) is 0 Å². The van der Waals surface area contributed by atoms with E-state index in [-0.39, 0.29) is 24.1 Å². The van der Waals surface area contributed by atoms with Gasteiger partial charge in [0.05, 0.1) is 12.1 Å². The lowest BCUT2D eigenvalue weighted by Gasteiger charge is -2.40. The summed E-state index contributed by atoms with van der Waals surface area (Å²) in [5.41, 5.74) is 5.68. The molecule has 5 aliphatic rings. The molecule has 1 aliphatic heterocycles. The van der Waals surface area contributed by atoms with Crippen molar-refractivity contribution in [2.24, 2.45) is 28.7 Å². The van der Waals surface area contributed by atoms with Crippen LogP contribution < -0.4 is 10.0 Å². The fraction of sp³-hybridized carbons (Fsp3) is 0.422. The van der Waals surface area contributed by atoms with Crippen LogP contribution in [0.5, 0.6) is 5.75 Å². The summed E-state index contributed by atoms with van der Waals surface area (Å²) in [7, 11) is -0.402. The summed E-state index contributed by atoms with van der Waals surface area (Å²) in [4.78, 5) is 22.9. The third kappa shape index (κ3) is 5.82. The normalized spacial score (nSPS) is 30.2. The van der Waals surface area contributed by atoms with Gasteiger partial charge in [-0.05, 0) is 128 Å². The second-order valence-corrected chi connectivity index (χ2v) is 18.6. The molecule has 1 amide bonds. The molecule has 4 saturated carbocycles. The third-order valence-corrected chi connectivity index (χ3v) is 16.2. The van der Waals surface area contributed by atoms with Crippen LogP contribution in [0.25, 0.3) is 0 Å². The molecule has 4 aromatic carbocycles. The minimum Gasteiger partial charge on any atom is -0.491 e. The van der Waals surface area contributed by atoms with Gasteiger partial charge < -0.3 is 4.74 Å². The lowest BCUT2D eigenvalue weighted by atomic mass is 9.93. The van der Waals surface area contributed by atoms with E-state index in [1.165, 1.54) is 62.2 Å². The van der Waals surface area contributed by atoms with Gasteiger partial charge in [0.2, 0.25) is 0 Å². The highest BCUT2D eigenvalue weighted by Gasteiger charge is 2.52. The number of amidine groups is 1. The van der Waals surface area contributed by atoms with Crippen molar-refractivity contribution >= 4 is 25.0 Å². The van der Waals surface area contributed by atoms with E-state index in [1.807, 2.05) is 38.1 Å². The average molecular weight is 681 g/mol. The molecular formula is C45H49N2O2P. The minimum absolute atomic E-state index is 0.00823. The van der Waals surface area contributed by atoms with Gasteiger partial charge in [-0.1, -0.05) is 106 Å². The largest absolute Gasteiger partial charge is 0.491 e. The molecule has 0 radical (unpaired) electrons. The Morgan fingerprint density at radius 3 is 1.84 bits per heavy atom. The van der Waals surface area contributed by atoms with Gasteiger partial charge in [-0.3, -0.25) is 14.7 Å². The van der Waals surface area contributed by atoms with Gasteiger partial charge in [0, 0.05) is 11.1 Å². The molecule has 4 bridgehead atoms. The summed E-state index contributed by atoms with van der Waals surface area (Å²) in [5, 5.41) is 1.51. The summed E-state index contributed by atoms with van der Waals surface area (Å²) in [6, 6.07) is 37.7. The van der Waals surface area contributed by atoms with Crippen molar-refractivity contribution < 1.29 is 9.53 Å². The Morgan fingerprint density at radius 1 is 0.700 bits per heavy atom. The zero-order chi connectivity index (χ0) is 33.8. The van der Waals surface area contributed by atoms with Crippen LogP contribution in [0.2, 0.25) is 0 Å². The van der Waals surface area contributed by atoms with E-state index < -0.39 is 7.92 Å². The molecular weight excluding hydrogens is 631 g/mol. The topological polar surface area (TPSA) is 41.9 Å². The predicted octanol–water partition coefficient (Wildman–Crippen LogP) is 10.3. The number of nitrogens with zero attached hydrogens (tertiary/aromatic N) is 2. The lowest BCUT2D eigenvalue weighted by molar-refractivity contribution is 0.0805. The third-order valence-electron chi connectivity index (χ3n) is 12.6. The van der Waals surface area contributed by atoms with Gasteiger partial charge in [0.15, 0.2) is 0 Å². The standard InChI is InChI=1S/C45H49N2O2P/c1-29(2)49-37-23-21-34(22-24-37)45(48)47-43(33-13-7-4-8-14-33)42(32-11-5-3-6-12-32)46-44(47)38-15-9-10-16-39(38)50(40-27-30-17-19-35(40)25-30)41-28-31-18-20-36(41)26-31/h3-16,21-24,29-31,35-36,40-43H,17-20,25-28H2,1-2H3/t30?,31?,35?,36?,40?,41?,42-,43-,50?/m1/s1. The summed E-state index contributed by atoms with van der Waals surface area (Å²) in [6.07, 6.45) is 11.4. The van der Waals surface area contributed by atoms with E-state index in [1.54, 1.807) is 0 Å². The van der Waals surface area contributed by atoms with E-state index in [4.69, 9.17) is 9.73 Å². The van der Waals surface area contributed by atoms with Crippen LogP contribution in [0, 0.1) is 23.7 Å². The second kappa shape index (κ2) is 13.4. The summed E-state index contributed by atoms with van der Waals surface area (Å²) < 4.78 is 5.97. The molecule has 6 unspecified atom stereocenters. The Kier molecular flexibility index (Phi) is 8.64. The summed E-state index contributed by atoms with van der Waals surface area (Å²) >= 11 is 0. The maximum absolute atomic E-state index is 15.1. The summed E-state index contributed by atoms with van der Waals surface area (Å²) in [6.45, 7) is 4.06. The number of hydrogen-bond acceptors (Lipinski definition) is 3. The predicted molar refractivity (Wildman–Crippen MR) is 205 cm³/mol. The zero-order valence-corrected chi connectivity index (χ0v) is 30.3. The maximum Gasteiger partial charge on any atom is 0.260 e. The van der Waals surface area contributed by atoms with Gasteiger partial charge in [0.25, 0.3) is 5.91 Å². The van der Waals surface area contributed by atoms with Crippen LogP contribution in [0.1, 0.15) is 104 Å². The molecule has 9 rings (SSSR count). The van der Waals surface area contributed by atoms with Crippen molar-refractivity contribution in [3.63, 3.8) is 0 Å². The first-order chi connectivity index (χ1) is 24.5. The highest BCUT2D eigenvalue weighted by atomic mass is 31.1. The number of carbonyl (C=O) groups is 1. The van der Waals surface area contributed by atoms with E-state index in [0.29, 0.717) is 5.56 Å². The molecule has 8 atom stereocenters. The molecule has 4 aromatic rings. The Labute approximate surface area is 299 Å². The van der Waals surface area contributed by atoms with Gasteiger partial charge in [0.1, 0.15) is 17.6 Å². The SMILES string of the molecule is CC(C)Oc1ccc(C(=O)N2C(c3ccccc3P(C3CC4CCC3C4)C3CC4CCC3C4)=N[C@H](c3ccccc3)[C@H]2c2ccccc2)cc1. The Morgan fingerprint density at radius 2 is 1.28 bits per heavy atom. The number of carbonyl (C=O) groups excluding carboxylic acids is 1. The number of ether oxygens (including phenoxy) is 1. The van der Waals surface area contributed by atoms with Crippen molar-refractivity contribution in [1.82, 2.24) is 4.90 Å². The van der Waals surface area contributed by atoms with Crippen LogP contribution in [0.4, 0.5) is 0 Å². The molecule has 5 heteroatoms. The number of aliphatic imine (C=N–C) groups is 1. The monoisotopic (exact) mass is 680 g/mol. The van der Waals surface area contributed by atoms with Crippen LogP contribution in [0.15, 0.2) is 114 Å². The number of fused-ring (bicyclic) bond motifs is 4. The maximum atomic E-state index is 15.1. The molecule has 4 fully saturated rings. The van der Waals surface area contributed by atoms with E-state index >= 15 is 4.79 Å². The first kappa shape index (κ1) is 32.2. The molecule has 4 nitrogen and oxygen atoms in total. The van der Waals surface area contributed by atoms with Gasteiger partial charge >= 0.3 is 0 Å². The Hall–Kier alpha value is -3.75. The van der Waals surface area contributed by atoms with Crippen LogP contribution in [0.3, 0.4) is 0 Å². The van der Waals surface area contributed by atoms with E-state index in [0.717, 1.165) is 57.7 Å². The number of benzene rings is 4. The fourth-order valence-electron chi connectivity index (χ4n) is 10.5. The summed E-state index contributed by atoms with van der Waals surface area (Å²) in [5.74, 6) is 5.16. The second-order valence-electron chi connectivity index (χ2n) is 15.9. The molecule has 0 N–H and O–H groups in total. The van der Waals surface area contributed by atoms with Crippen LogP contribution >= 0.6 is 7.92 Å². The molecule has 0 aromatic heterocycles. The molecule has 4 aliphatic carbocycles. The van der Waals surface area contributed by atoms with Crippen molar-refractivity contribution in [3.05, 3.63) is 131 Å². The molecule has 1 heterocycles. The first-order valence-electron chi connectivity index (χ1n) is 19.2. The number of hydrogen-bond donors (Lipinski definition) is 0. The highest BCUT2D eigenvalue weighted by molar-refractivity contribution is 7.67. The van der Waals surface area contributed by atoms with Crippen molar-refractivity contribution in [2.75, 3.05) is 0 Å². The van der Waals surface area contributed by atoms with Gasteiger partial charge in [-0.15, -0.1) is 0 Å². The highest BCUT2D eigenvalue weighted by Crippen LogP contribution is 2.67. The molecule has 50 heavy (non-hydrogen) atoms. The lowest BCUT2D eigenvalue weighted by Crippen LogP contribution is -2.40.